The molecule has 4 aliphatic heterocycles. The zero-order chi connectivity index (χ0) is 59.4. The lowest BCUT2D eigenvalue weighted by molar-refractivity contribution is -0.119. The number of H-pyrrole nitrogens is 2. The molecule has 0 atom stereocenters. The number of halogens is 3. The van der Waals surface area contributed by atoms with E-state index in [4.69, 9.17) is 27.9 Å². The minimum Gasteiger partial charge on any atom is -0.521 e. The second-order valence-electron chi connectivity index (χ2n) is 19.8. The van der Waals surface area contributed by atoms with Crippen LogP contribution in [0.1, 0.15) is 81.1 Å². The van der Waals surface area contributed by atoms with Crippen molar-refractivity contribution in [2.45, 2.75) is 65.7 Å². The van der Waals surface area contributed by atoms with Gasteiger partial charge in [-0.05, 0) is 90.3 Å². The fourth-order valence-electron chi connectivity index (χ4n) is 8.88. The molecule has 84 heavy (non-hydrogen) atoms. The fourth-order valence-corrected chi connectivity index (χ4v) is 8.88. The number of benzene rings is 5. The van der Waals surface area contributed by atoms with E-state index in [0.29, 0.717) is 71.2 Å². The number of aromatic amines is 2. The maximum absolute atomic E-state index is 13.6. The summed E-state index contributed by atoms with van der Waals surface area (Å²) in [6.07, 6.45) is 7.09. The highest BCUT2D eigenvalue weighted by molar-refractivity contribution is 6.65. The standard InChI is InChI=1S/C24H25BFN3O4.C19H14BFN2O5.C15H16BFN2O4/c1-3-4-11-27-13-18-7-10-20-22(12-18)32-25(33-24(20)31)19-8-5-17(6-9-19)14-29-15-21(26)23(30)28-16(29)2;1-11-2-7-14-16(8-11)27-20(28-18(14)25)13-5-3-12(4-6-13)9-23-10-15(21)17(24)22-19(23)26;17-13-10-19(15(21)18-14(13)20)9-11-3-5-12(6-4-11)16-22-7-1-2-8-23-16/h5-10,12,15,27H,2-4,11,13-14H2,1H3,(H,28,30);2-8,10H,9H2,1H3,(H,22,24,26);3-6,10H,1-2,7-9H2,(H,18,20,21). The average Bonchev–Trinajstić information content (AvgIpc) is 3.82. The Morgan fingerprint density at radius 2 is 1.05 bits per heavy atom. The van der Waals surface area contributed by atoms with Crippen molar-refractivity contribution < 1.29 is 55.5 Å². The molecule has 1 fully saturated rings. The normalized spacial score (nSPS) is 14.6. The van der Waals surface area contributed by atoms with Gasteiger partial charge in [0.15, 0.2) is 0 Å². The van der Waals surface area contributed by atoms with Gasteiger partial charge in [0.2, 0.25) is 17.5 Å². The smallest absolute Gasteiger partial charge is 0.521 e. The zero-order valence-electron chi connectivity index (χ0n) is 45.6. The SMILES string of the molecule is C=C1NC(=O)C(F)=CN1Cc1ccc(B2OC(=O)c3ccc(CNCCCC)cc3O2)cc1.Cc1ccc2c(c1)OB(c1ccc(Cn3cc(F)c(=O)[nH]c3=O)cc1)OC2=O.O=c1[nH]c(=O)n(Cc2ccc(B3OCCCCO3)cc2)cc1F. The first kappa shape index (κ1) is 59.2. The van der Waals surface area contributed by atoms with Crippen molar-refractivity contribution in [3.63, 3.8) is 0 Å². The molecule has 0 spiro atoms. The largest absolute Gasteiger partial charge is 0.634 e. The maximum atomic E-state index is 13.6. The number of carbonyl (C=O) groups excluding carboxylic acids is 3. The molecular formula is C58H55B3F3N7O13. The number of hydrogen-bond acceptors (Lipinski definition) is 15. The van der Waals surface area contributed by atoms with Gasteiger partial charge in [0.25, 0.3) is 17.0 Å². The van der Waals surface area contributed by atoms with E-state index in [1.165, 1.54) is 4.90 Å². The molecular weight excluding hydrogens is 1090 g/mol. The van der Waals surface area contributed by atoms with Crippen molar-refractivity contribution in [3.8, 4) is 11.5 Å². The van der Waals surface area contributed by atoms with Crippen LogP contribution in [0.25, 0.3) is 0 Å². The zero-order valence-corrected chi connectivity index (χ0v) is 45.6. The van der Waals surface area contributed by atoms with E-state index in [2.05, 4.69) is 24.1 Å². The van der Waals surface area contributed by atoms with Crippen molar-refractivity contribution in [3.05, 3.63) is 238 Å². The molecule has 0 radical (unpaired) electrons. The van der Waals surface area contributed by atoms with Crippen LogP contribution in [0.3, 0.4) is 0 Å². The van der Waals surface area contributed by atoms with E-state index in [9.17, 15) is 46.7 Å². The van der Waals surface area contributed by atoms with Crippen LogP contribution < -0.4 is 58.8 Å². The Labute approximate surface area is 479 Å². The molecule has 1 amide bonds. The third-order valence-electron chi connectivity index (χ3n) is 13.5. The molecule has 26 heteroatoms. The monoisotopic (exact) mass is 1150 g/mol. The summed E-state index contributed by atoms with van der Waals surface area (Å²) < 4.78 is 76.3. The Kier molecular flexibility index (Phi) is 19.1. The summed E-state index contributed by atoms with van der Waals surface area (Å²) in [6.45, 7) is 11.3. The van der Waals surface area contributed by atoms with Gasteiger partial charge in [0.1, 0.15) is 17.3 Å². The van der Waals surface area contributed by atoms with Crippen molar-refractivity contribution in [2.24, 2.45) is 0 Å². The van der Waals surface area contributed by atoms with Crippen LogP contribution in [0.5, 0.6) is 11.5 Å². The number of unbranched alkanes of at least 4 members (excludes halogenated alkanes) is 1. The Balaban J connectivity index is 0.000000154. The number of fused-ring (bicyclic) bond motifs is 2. The van der Waals surface area contributed by atoms with E-state index in [1.54, 1.807) is 60.7 Å². The van der Waals surface area contributed by atoms with Crippen LogP contribution >= 0.6 is 0 Å². The Morgan fingerprint density at radius 3 is 1.56 bits per heavy atom. The van der Waals surface area contributed by atoms with Gasteiger partial charge in [0.05, 0.1) is 36.6 Å². The number of carbonyl (C=O) groups is 3. The molecule has 430 valence electrons. The Hall–Kier alpha value is -9.39. The van der Waals surface area contributed by atoms with Crippen LogP contribution in [0.15, 0.2) is 165 Å². The first-order valence-corrected chi connectivity index (χ1v) is 26.8. The lowest BCUT2D eigenvalue weighted by atomic mass is 9.77. The fraction of sp³-hybridized carbons (Fsp3) is 0.224. The molecule has 2 aromatic heterocycles. The van der Waals surface area contributed by atoms with Gasteiger partial charge >= 0.3 is 44.7 Å². The molecule has 0 aliphatic carbocycles. The van der Waals surface area contributed by atoms with Crippen LogP contribution in [0.4, 0.5) is 13.2 Å². The number of aromatic nitrogens is 4. The second kappa shape index (κ2) is 27.1. The second-order valence-corrected chi connectivity index (χ2v) is 19.8. The predicted octanol–water partition coefficient (Wildman–Crippen LogP) is 3.96. The summed E-state index contributed by atoms with van der Waals surface area (Å²) in [4.78, 5) is 86.9. The highest BCUT2D eigenvalue weighted by Gasteiger charge is 2.37. The molecule has 6 heterocycles. The molecule has 0 unspecified atom stereocenters. The quantitative estimate of drug-likeness (QED) is 0.0890. The molecule has 4 aliphatic rings. The Bertz CT molecular complexity index is 3850. The first-order chi connectivity index (χ1) is 40.5. The highest BCUT2D eigenvalue weighted by Crippen LogP contribution is 2.28. The minimum atomic E-state index is -1.05. The summed E-state index contributed by atoms with van der Waals surface area (Å²) in [5, 5.41) is 5.75. The minimum absolute atomic E-state index is 0.0696. The number of rotatable bonds is 14. The van der Waals surface area contributed by atoms with Gasteiger partial charge in [-0.2, -0.15) is 13.2 Å². The number of aryl methyl sites for hydroxylation is 1. The van der Waals surface area contributed by atoms with Crippen molar-refractivity contribution in [1.82, 2.24) is 34.6 Å². The molecule has 20 nitrogen and oxygen atoms in total. The number of hydrogen-bond donors (Lipinski definition) is 4. The Morgan fingerprint density at radius 1 is 0.583 bits per heavy atom. The lowest BCUT2D eigenvalue weighted by Gasteiger charge is -2.27. The molecule has 0 bridgehead atoms. The van der Waals surface area contributed by atoms with E-state index in [1.807, 2.05) is 65.4 Å². The maximum Gasteiger partial charge on any atom is 0.634 e. The topological polar surface area (TPSA) is 244 Å². The summed E-state index contributed by atoms with van der Waals surface area (Å²) in [5.74, 6) is -3.34. The third kappa shape index (κ3) is 15.0. The number of nitrogens with one attached hydrogen (secondary N) is 4. The molecule has 4 N–H and O–H groups in total. The van der Waals surface area contributed by atoms with Gasteiger partial charge in [-0.1, -0.05) is 105 Å². The van der Waals surface area contributed by atoms with E-state index in [-0.39, 0.29) is 20.2 Å². The molecule has 5 aromatic carbocycles. The van der Waals surface area contributed by atoms with Crippen molar-refractivity contribution in [1.29, 1.82) is 0 Å². The summed E-state index contributed by atoms with van der Waals surface area (Å²) in [7, 11) is -2.12. The van der Waals surface area contributed by atoms with Gasteiger partial charge in [0, 0.05) is 43.4 Å². The van der Waals surface area contributed by atoms with E-state index < -0.39 is 72.0 Å². The van der Waals surface area contributed by atoms with Gasteiger partial charge in [-0.15, -0.1) is 0 Å². The number of amides is 1. The first-order valence-electron chi connectivity index (χ1n) is 26.8. The molecule has 7 aromatic rings. The molecule has 0 saturated carbocycles. The van der Waals surface area contributed by atoms with Gasteiger partial charge in [-0.3, -0.25) is 33.5 Å². The van der Waals surface area contributed by atoms with Gasteiger partial charge in [-0.25, -0.2) is 19.2 Å². The van der Waals surface area contributed by atoms with Crippen molar-refractivity contribution in [2.75, 3.05) is 19.8 Å². The van der Waals surface area contributed by atoms with E-state index >= 15 is 0 Å². The number of nitrogens with zero attached hydrogens (tertiary/aromatic N) is 3. The van der Waals surface area contributed by atoms with Crippen LogP contribution in [-0.2, 0) is 49.6 Å². The van der Waals surface area contributed by atoms with Crippen LogP contribution in [-0.4, -0.2) is 83.0 Å². The van der Waals surface area contributed by atoms with E-state index in [0.717, 1.165) is 87.7 Å². The van der Waals surface area contributed by atoms with Crippen LogP contribution in [0, 0.1) is 18.6 Å². The van der Waals surface area contributed by atoms with Crippen LogP contribution in [0.2, 0.25) is 0 Å². The van der Waals surface area contributed by atoms with Gasteiger partial charge < -0.3 is 43.5 Å². The lowest BCUT2D eigenvalue weighted by Crippen LogP contribution is -2.44. The highest BCUT2D eigenvalue weighted by atomic mass is 19.1. The van der Waals surface area contributed by atoms with Crippen molar-refractivity contribution >= 4 is 55.6 Å². The summed E-state index contributed by atoms with van der Waals surface area (Å²) in [6, 6.07) is 32.1. The molecule has 1 saturated heterocycles. The summed E-state index contributed by atoms with van der Waals surface area (Å²) >= 11 is 0. The average molecular weight is 1150 g/mol. The predicted molar refractivity (Wildman–Crippen MR) is 306 cm³/mol. The summed E-state index contributed by atoms with van der Waals surface area (Å²) in [5.41, 5.74) is 3.89. The molecule has 11 rings (SSSR count). The third-order valence-corrected chi connectivity index (χ3v) is 13.5.